The molecule has 0 bridgehead atoms. The summed E-state index contributed by atoms with van der Waals surface area (Å²) in [5.41, 5.74) is 8.93. The van der Waals surface area contributed by atoms with E-state index in [0.29, 0.717) is 12.0 Å². The van der Waals surface area contributed by atoms with Gasteiger partial charge in [-0.2, -0.15) is 4.57 Å². The van der Waals surface area contributed by atoms with Crippen LogP contribution in [0.4, 0.5) is 11.6 Å². The van der Waals surface area contributed by atoms with Gasteiger partial charge in [-0.3, -0.25) is 0 Å². The smallest absolute Gasteiger partial charge is 0.233 e. The topological polar surface area (TPSA) is 12.1 Å². The number of anilines is 2. The highest BCUT2D eigenvalue weighted by Gasteiger charge is 2.33. The summed E-state index contributed by atoms with van der Waals surface area (Å²) in [6, 6.07) is 24.4. The minimum atomic E-state index is 0.319. The first kappa shape index (κ1) is 21.2. The minimum absolute atomic E-state index is 0.319. The molecule has 0 atom stereocenters. The Morgan fingerprint density at radius 1 is 0.774 bits per heavy atom. The summed E-state index contributed by atoms with van der Waals surface area (Å²) < 4.78 is 4.93. The van der Waals surface area contributed by atoms with Crippen LogP contribution >= 0.6 is 0 Å². The number of rotatable bonds is 5. The monoisotopic (exact) mass is 412 g/mol. The van der Waals surface area contributed by atoms with E-state index in [4.69, 9.17) is 0 Å². The first-order valence-corrected chi connectivity index (χ1v) is 11.3. The second-order valence-electron chi connectivity index (χ2n) is 9.10. The van der Waals surface area contributed by atoms with Gasteiger partial charge in [0.1, 0.15) is 22.4 Å². The Hall–Kier alpha value is -3.07. The highest BCUT2D eigenvalue weighted by molar-refractivity contribution is 5.80. The molecule has 0 fully saturated rings. The number of para-hydroxylation sites is 4. The lowest BCUT2D eigenvalue weighted by Gasteiger charge is -2.22. The van der Waals surface area contributed by atoms with Crippen molar-refractivity contribution in [2.75, 3.05) is 11.9 Å². The summed E-state index contributed by atoms with van der Waals surface area (Å²) in [5.74, 6) is 1.63. The summed E-state index contributed by atoms with van der Waals surface area (Å²) in [7, 11) is 2.21. The van der Waals surface area contributed by atoms with E-state index in [-0.39, 0.29) is 0 Å². The lowest BCUT2D eigenvalue weighted by molar-refractivity contribution is -0.679. The van der Waals surface area contributed by atoms with E-state index in [1.165, 1.54) is 45.0 Å². The van der Waals surface area contributed by atoms with Crippen molar-refractivity contribution < 1.29 is 4.57 Å². The maximum absolute atomic E-state index is 2.47. The Labute approximate surface area is 186 Å². The molecule has 0 aliphatic heterocycles. The molecule has 0 spiro atoms. The first-order valence-electron chi connectivity index (χ1n) is 11.3. The summed E-state index contributed by atoms with van der Waals surface area (Å²) in [6.07, 6.45) is 0. The molecule has 160 valence electrons. The molecule has 1 aromatic heterocycles. The number of imidazole rings is 1. The molecule has 0 aliphatic carbocycles. The average Bonchev–Trinajstić information content (AvgIpc) is 3.08. The number of hydrogen-bond acceptors (Lipinski definition) is 1. The van der Waals surface area contributed by atoms with Gasteiger partial charge in [0.2, 0.25) is 0 Å². The number of fused-ring (bicyclic) bond motifs is 1. The fourth-order valence-corrected chi connectivity index (χ4v) is 4.77. The molecule has 31 heavy (non-hydrogen) atoms. The number of hydrogen-bond donors (Lipinski definition) is 0. The van der Waals surface area contributed by atoms with Crippen molar-refractivity contribution in [3.05, 3.63) is 83.4 Å². The highest BCUT2D eigenvalue weighted by atomic mass is 15.4. The van der Waals surface area contributed by atoms with Crippen molar-refractivity contribution in [2.24, 2.45) is 0 Å². The number of benzene rings is 3. The Kier molecular flexibility index (Phi) is 5.62. The molecule has 0 N–H and O–H groups in total. The highest BCUT2D eigenvalue weighted by Crippen LogP contribution is 2.36. The second-order valence-corrected chi connectivity index (χ2v) is 9.10. The molecule has 4 aromatic rings. The van der Waals surface area contributed by atoms with Gasteiger partial charge in [0, 0.05) is 0 Å². The van der Waals surface area contributed by atoms with Crippen LogP contribution in [0, 0.1) is 13.8 Å². The van der Waals surface area contributed by atoms with E-state index >= 15 is 0 Å². The lowest BCUT2D eigenvalue weighted by atomic mass is 10.0. The molecule has 4 rings (SSSR count). The SMILES string of the molecule is Cc1cccc(C)c1-n1c(N(C)c2ccccc2C(C)C)[n+](C(C)C)c2ccccc21. The molecular weight excluding hydrogens is 378 g/mol. The van der Waals surface area contributed by atoms with E-state index in [1.807, 2.05) is 0 Å². The summed E-state index contributed by atoms with van der Waals surface area (Å²) >= 11 is 0. The molecular formula is C28H34N3+. The van der Waals surface area contributed by atoms with Crippen LogP contribution in [-0.2, 0) is 0 Å². The zero-order chi connectivity index (χ0) is 22.3. The standard InChI is InChI=1S/C28H34N3/c1-19(2)23-15-8-9-16-24(23)29(7)28-30(20(3)4)25-17-10-11-18-26(25)31(28)27-21(5)13-12-14-22(27)6/h8-20H,1-7H3/q+1. The summed E-state index contributed by atoms with van der Waals surface area (Å²) in [5, 5.41) is 0. The molecule has 1 heterocycles. The van der Waals surface area contributed by atoms with Gasteiger partial charge >= 0.3 is 5.95 Å². The van der Waals surface area contributed by atoms with E-state index in [1.54, 1.807) is 0 Å². The van der Waals surface area contributed by atoms with Crippen molar-refractivity contribution in [3.63, 3.8) is 0 Å². The van der Waals surface area contributed by atoms with Crippen molar-refractivity contribution >= 4 is 22.7 Å². The zero-order valence-corrected chi connectivity index (χ0v) is 19.8. The van der Waals surface area contributed by atoms with Crippen LogP contribution in [0.3, 0.4) is 0 Å². The van der Waals surface area contributed by atoms with E-state index in [9.17, 15) is 0 Å². The molecule has 3 heteroatoms. The quantitative estimate of drug-likeness (QED) is 0.321. The zero-order valence-electron chi connectivity index (χ0n) is 19.8. The fraction of sp³-hybridized carbons (Fsp3) is 0.321. The Balaban J connectivity index is 2.14. The van der Waals surface area contributed by atoms with Crippen LogP contribution < -0.4 is 9.47 Å². The molecule has 0 saturated carbocycles. The van der Waals surface area contributed by atoms with Crippen LogP contribution in [0.25, 0.3) is 16.7 Å². The van der Waals surface area contributed by atoms with Crippen LogP contribution in [-0.4, -0.2) is 11.6 Å². The third-order valence-electron chi connectivity index (χ3n) is 6.20. The van der Waals surface area contributed by atoms with Gasteiger partial charge < -0.3 is 0 Å². The predicted molar refractivity (Wildman–Crippen MR) is 132 cm³/mol. The molecule has 3 aromatic carbocycles. The van der Waals surface area contributed by atoms with Gasteiger partial charge in [-0.05, 0) is 68.5 Å². The largest absolute Gasteiger partial charge is 0.370 e. The second kappa shape index (κ2) is 8.22. The summed E-state index contributed by atoms with van der Waals surface area (Å²) in [4.78, 5) is 2.38. The maximum atomic E-state index is 2.47. The van der Waals surface area contributed by atoms with Crippen molar-refractivity contribution in [2.45, 2.75) is 53.5 Å². The maximum Gasteiger partial charge on any atom is 0.370 e. The van der Waals surface area contributed by atoms with Gasteiger partial charge in [0.15, 0.2) is 0 Å². The summed E-state index contributed by atoms with van der Waals surface area (Å²) in [6.45, 7) is 13.5. The van der Waals surface area contributed by atoms with Crippen LogP contribution in [0.2, 0.25) is 0 Å². The van der Waals surface area contributed by atoms with Crippen LogP contribution in [0.15, 0.2) is 66.7 Å². The normalized spacial score (nSPS) is 11.6. The van der Waals surface area contributed by atoms with Gasteiger partial charge in [0.05, 0.1) is 13.1 Å². The lowest BCUT2D eigenvalue weighted by Crippen LogP contribution is -2.41. The third-order valence-corrected chi connectivity index (χ3v) is 6.20. The number of aryl methyl sites for hydroxylation is 2. The molecule has 0 aliphatic rings. The van der Waals surface area contributed by atoms with Crippen LogP contribution in [0.1, 0.15) is 56.3 Å². The Morgan fingerprint density at radius 2 is 1.39 bits per heavy atom. The molecule has 3 nitrogen and oxygen atoms in total. The van der Waals surface area contributed by atoms with Gasteiger partial charge in [-0.15, -0.1) is 0 Å². The van der Waals surface area contributed by atoms with Crippen molar-refractivity contribution in [3.8, 4) is 5.69 Å². The molecule has 0 unspecified atom stereocenters. The van der Waals surface area contributed by atoms with E-state index < -0.39 is 0 Å². The predicted octanol–water partition coefficient (Wildman–Crippen LogP) is 7.01. The minimum Gasteiger partial charge on any atom is -0.233 e. The molecule has 0 saturated heterocycles. The van der Waals surface area contributed by atoms with Gasteiger partial charge in [-0.1, -0.05) is 62.4 Å². The number of aromatic nitrogens is 2. The first-order chi connectivity index (χ1) is 14.8. The van der Waals surface area contributed by atoms with E-state index in [2.05, 4.69) is 129 Å². The molecule has 0 amide bonds. The Bertz CT molecular complexity index is 1210. The van der Waals surface area contributed by atoms with Gasteiger partial charge in [-0.25, -0.2) is 9.47 Å². The van der Waals surface area contributed by atoms with Crippen molar-refractivity contribution in [1.82, 2.24) is 4.57 Å². The van der Waals surface area contributed by atoms with Crippen LogP contribution in [0.5, 0.6) is 0 Å². The van der Waals surface area contributed by atoms with Gasteiger partial charge in [0.25, 0.3) is 0 Å². The fourth-order valence-electron chi connectivity index (χ4n) is 4.77. The van der Waals surface area contributed by atoms with E-state index in [0.717, 1.165) is 0 Å². The number of nitrogens with zero attached hydrogens (tertiary/aromatic N) is 3. The Morgan fingerprint density at radius 3 is 2.03 bits per heavy atom. The third kappa shape index (κ3) is 3.52. The van der Waals surface area contributed by atoms with Crippen molar-refractivity contribution in [1.29, 1.82) is 0 Å². The molecule has 0 radical (unpaired) electrons. The average molecular weight is 413 g/mol.